The summed E-state index contributed by atoms with van der Waals surface area (Å²) >= 11 is 1.84. The van der Waals surface area contributed by atoms with Gasteiger partial charge in [-0.2, -0.15) is 0 Å². The van der Waals surface area contributed by atoms with E-state index in [1.165, 1.54) is 43.2 Å². The molecule has 0 N–H and O–H groups in total. The van der Waals surface area contributed by atoms with E-state index >= 15 is 0 Å². The van der Waals surface area contributed by atoms with Gasteiger partial charge in [0.1, 0.15) is 5.76 Å². The number of benzene rings is 5. The van der Waals surface area contributed by atoms with Gasteiger partial charge in [0.15, 0.2) is 0 Å². The van der Waals surface area contributed by atoms with Gasteiger partial charge in [-0.1, -0.05) is 115 Å². The van der Waals surface area contributed by atoms with Crippen LogP contribution in [0.4, 0.5) is 17.1 Å². The van der Waals surface area contributed by atoms with E-state index in [1.807, 2.05) is 11.8 Å². The summed E-state index contributed by atoms with van der Waals surface area (Å²) in [6, 6.07) is 47.3. The lowest BCUT2D eigenvalue weighted by Gasteiger charge is -2.38. The number of nitrogens with zero attached hydrogens (tertiary/aromatic N) is 1. The summed E-state index contributed by atoms with van der Waals surface area (Å²) in [6.07, 6.45) is 0. The summed E-state index contributed by atoms with van der Waals surface area (Å²) in [5.74, 6) is 0.937. The van der Waals surface area contributed by atoms with Crippen molar-refractivity contribution >= 4 is 52.1 Å². The maximum absolute atomic E-state index is 6.99. The van der Waals surface area contributed by atoms with E-state index in [9.17, 15) is 0 Å². The monoisotopic (exact) mass is 503 g/mol. The van der Waals surface area contributed by atoms with Gasteiger partial charge in [0, 0.05) is 33.1 Å². The molecule has 5 aromatic carbocycles. The van der Waals surface area contributed by atoms with E-state index in [-0.39, 0.29) is 6.71 Å². The predicted molar refractivity (Wildman–Crippen MR) is 159 cm³/mol. The summed E-state index contributed by atoms with van der Waals surface area (Å²) < 4.78 is 6.99. The number of hydrogen-bond donors (Lipinski definition) is 0. The lowest BCUT2D eigenvalue weighted by atomic mass is 9.37. The van der Waals surface area contributed by atoms with Crippen molar-refractivity contribution in [3.8, 4) is 22.5 Å². The lowest BCUT2D eigenvalue weighted by molar-refractivity contribution is 0.612. The Morgan fingerprint density at radius 2 is 1.21 bits per heavy atom. The van der Waals surface area contributed by atoms with Crippen molar-refractivity contribution in [2.75, 3.05) is 4.90 Å². The third-order valence-electron chi connectivity index (χ3n) is 7.54. The van der Waals surface area contributed by atoms with Crippen LogP contribution in [-0.4, -0.2) is 6.71 Å². The van der Waals surface area contributed by atoms with Gasteiger partial charge >= 0.3 is 0 Å². The van der Waals surface area contributed by atoms with E-state index in [0.717, 1.165) is 22.7 Å². The molecule has 0 saturated carbocycles. The maximum atomic E-state index is 6.99. The molecular weight excluding hydrogens is 481 g/mol. The first-order valence-electron chi connectivity index (χ1n) is 12.9. The van der Waals surface area contributed by atoms with Gasteiger partial charge in [-0.15, -0.1) is 0 Å². The first kappa shape index (κ1) is 21.7. The summed E-state index contributed by atoms with van der Waals surface area (Å²) in [6.45, 7) is 0.0218. The first-order valence-corrected chi connectivity index (χ1v) is 13.7. The van der Waals surface area contributed by atoms with E-state index in [2.05, 4.69) is 138 Å². The minimum absolute atomic E-state index is 0.0218. The molecule has 4 heteroatoms. The second-order valence-corrected chi connectivity index (χ2v) is 10.7. The van der Waals surface area contributed by atoms with Crippen LogP contribution in [-0.2, 0) is 0 Å². The molecule has 2 aliphatic heterocycles. The van der Waals surface area contributed by atoms with Crippen molar-refractivity contribution < 1.29 is 4.42 Å². The molecule has 178 valence electrons. The van der Waals surface area contributed by atoms with E-state index in [1.54, 1.807) is 0 Å². The Kier molecular flexibility index (Phi) is 4.89. The number of hydrogen-bond acceptors (Lipinski definition) is 3. The summed E-state index contributed by atoms with van der Waals surface area (Å²) in [5.41, 5.74) is 10.7. The Labute approximate surface area is 226 Å². The van der Waals surface area contributed by atoms with Gasteiger partial charge in [-0.25, -0.2) is 0 Å². The van der Waals surface area contributed by atoms with Gasteiger partial charge in [-0.05, 0) is 46.8 Å². The van der Waals surface area contributed by atoms with E-state index in [0.29, 0.717) is 0 Å². The molecule has 0 radical (unpaired) electrons. The molecule has 3 heterocycles. The zero-order chi connectivity index (χ0) is 25.1. The van der Waals surface area contributed by atoms with Gasteiger partial charge in [0.2, 0.25) is 0 Å². The highest BCUT2D eigenvalue weighted by atomic mass is 32.2. The van der Waals surface area contributed by atoms with E-state index in [4.69, 9.17) is 4.42 Å². The Morgan fingerprint density at radius 1 is 0.579 bits per heavy atom. The standard InChI is InChI=1S/C34H22BNOS/c1-4-13-23(14-5-1)30-32(24-15-6-2-7-16-24)37-34-33(30)38-29-22-12-21-28-31(29)35(34)26-19-10-11-20-27(26)36(28)25-17-8-3-9-18-25/h1-22H. The van der Waals surface area contributed by atoms with Crippen molar-refractivity contribution in [1.29, 1.82) is 0 Å². The summed E-state index contributed by atoms with van der Waals surface area (Å²) in [4.78, 5) is 4.90. The van der Waals surface area contributed by atoms with Crippen molar-refractivity contribution in [1.82, 2.24) is 0 Å². The van der Waals surface area contributed by atoms with Gasteiger partial charge in [0.05, 0.1) is 10.6 Å². The van der Waals surface area contributed by atoms with Gasteiger partial charge < -0.3 is 9.32 Å². The zero-order valence-electron chi connectivity index (χ0n) is 20.5. The third kappa shape index (κ3) is 3.17. The molecule has 1 aromatic heterocycles. The highest BCUT2D eigenvalue weighted by Gasteiger charge is 2.44. The maximum Gasteiger partial charge on any atom is 0.294 e. The van der Waals surface area contributed by atoms with Gasteiger partial charge in [0.25, 0.3) is 6.71 Å². The van der Waals surface area contributed by atoms with Crippen LogP contribution in [0.2, 0.25) is 0 Å². The van der Waals surface area contributed by atoms with Crippen molar-refractivity contribution in [2.45, 2.75) is 9.79 Å². The molecule has 38 heavy (non-hydrogen) atoms. The normalized spacial score (nSPS) is 13.1. The predicted octanol–water partition coefficient (Wildman–Crippen LogP) is 7.38. The number of furan rings is 1. The molecule has 0 fully saturated rings. The van der Waals surface area contributed by atoms with Crippen LogP contribution in [0, 0.1) is 0 Å². The molecule has 0 amide bonds. The van der Waals surface area contributed by atoms with Crippen LogP contribution in [0.15, 0.2) is 148 Å². The largest absolute Gasteiger partial charge is 0.468 e. The minimum atomic E-state index is 0.0218. The van der Waals surface area contributed by atoms with Crippen LogP contribution in [0.5, 0.6) is 0 Å². The number of fused-ring (bicyclic) bond motifs is 4. The molecule has 0 saturated heterocycles. The molecule has 6 aromatic rings. The average Bonchev–Trinajstić information content (AvgIpc) is 3.38. The third-order valence-corrected chi connectivity index (χ3v) is 8.72. The van der Waals surface area contributed by atoms with Crippen molar-refractivity contribution in [3.05, 3.63) is 133 Å². The second-order valence-electron chi connectivity index (χ2n) is 9.69. The fourth-order valence-corrected chi connectivity index (χ4v) is 7.22. The lowest BCUT2D eigenvalue weighted by Crippen LogP contribution is -2.59. The Hall–Kier alpha value is -4.41. The molecular formula is C34H22BNOS. The molecule has 0 bridgehead atoms. The molecule has 0 unspecified atom stereocenters. The topological polar surface area (TPSA) is 16.4 Å². The molecule has 0 atom stereocenters. The van der Waals surface area contributed by atoms with Crippen molar-refractivity contribution in [3.63, 3.8) is 0 Å². The number of rotatable bonds is 3. The number of para-hydroxylation sites is 2. The number of anilines is 3. The highest BCUT2D eigenvalue weighted by Crippen LogP contribution is 2.47. The smallest absolute Gasteiger partial charge is 0.294 e. The highest BCUT2D eigenvalue weighted by molar-refractivity contribution is 8.00. The SMILES string of the molecule is c1ccc(-c2oc3c(c2-c2ccccc2)Sc2cccc4c2B3c2ccccc2N4c2ccccc2)cc1. The second kappa shape index (κ2) is 8.58. The zero-order valence-corrected chi connectivity index (χ0v) is 21.4. The quantitative estimate of drug-likeness (QED) is 0.234. The minimum Gasteiger partial charge on any atom is -0.468 e. The molecule has 8 rings (SSSR count). The molecule has 0 spiro atoms. The van der Waals surface area contributed by atoms with Crippen LogP contribution in [0.1, 0.15) is 0 Å². The summed E-state index contributed by atoms with van der Waals surface area (Å²) in [7, 11) is 0. The van der Waals surface area contributed by atoms with Gasteiger partial charge in [-0.3, -0.25) is 0 Å². The molecule has 0 aliphatic carbocycles. The Balaban J connectivity index is 1.43. The van der Waals surface area contributed by atoms with Crippen LogP contribution >= 0.6 is 11.8 Å². The molecule has 2 aliphatic rings. The van der Waals surface area contributed by atoms with Crippen LogP contribution < -0.4 is 21.5 Å². The summed E-state index contributed by atoms with van der Waals surface area (Å²) in [5, 5.41) is 0. The van der Waals surface area contributed by atoms with Crippen LogP contribution in [0.25, 0.3) is 22.5 Å². The average molecular weight is 503 g/mol. The Morgan fingerprint density at radius 3 is 1.97 bits per heavy atom. The van der Waals surface area contributed by atoms with Crippen molar-refractivity contribution in [2.24, 2.45) is 0 Å². The fraction of sp³-hybridized carbons (Fsp3) is 0. The Bertz CT molecular complexity index is 1800. The fourth-order valence-electron chi connectivity index (χ4n) is 5.95. The van der Waals surface area contributed by atoms with Crippen LogP contribution in [0.3, 0.4) is 0 Å². The first-order chi connectivity index (χ1) is 18.9. The molecule has 2 nitrogen and oxygen atoms in total. The van der Waals surface area contributed by atoms with E-state index < -0.39 is 0 Å².